The van der Waals surface area contributed by atoms with Gasteiger partial charge in [-0.2, -0.15) is 0 Å². The molecule has 18 heavy (non-hydrogen) atoms. The monoisotopic (exact) mass is 275 g/mol. The molecule has 3 N–H and O–H groups in total. The van der Waals surface area contributed by atoms with Gasteiger partial charge in [0.1, 0.15) is 0 Å². The summed E-state index contributed by atoms with van der Waals surface area (Å²) in [5, 5.41) is 21.0. The summed E-state index contributed by atoms with van der Waals surface area (Å²) in [6, 6.07) is 0. The average molecular weight is 275 g/mol. The first kappa shape index (κ1) is 17.2. The zero-order valence-corrected chi connectivity index (χ0v) is 11.6. The largest absolute Gasteiger partial charge is 0.393 e. The molecule has 0 aliphatic rings. The van der Waals surface area contributed by atoms with Crippen molar-refractivity contribution in [3.63, 3.8) is 0 Å². The van der Waals surface area contributed by atoms with Crippen LogP contribution in [0.3, 0.4) is 0 Å². The topological polar surface area (TPSA) is 86.6 Å². The van der Waals surface area contributed by atoms with Crippen LogP contribution in [0.25, 0.3) is 0 Å². The number of aliphatic hydroxyl groups is 2. The molecular weight excluding hydrogens is 254 g/mol. The number of amides is 1. The second-order valence-corrected chi connectivity index (χ2v) is 5.14. The molecule has 0 radical (unpaired) electrons. The highest BCUT2D eigenvalue weighted by molar-refractivity contribution is 8.13. The summed E-state index contributed by atoms with van der Waals surface area (Å²) in [5.41, 5.74) is 0. The predicted octanol–water partition coefficient (Wildman–Crippen LogP) is 0.460. The lowest BCUT2D eigenvalue weighted by molar-refractivity contribution is -0.119. The Hall–Kier alpha value is -0.850. The van der Waals surface area contributed by atoms with E-state index in [0.717, 1.165) is 11.8 Å². The molecule has 5 nitrogen and oxygen atoms in total. The van der Waals surface area contributed by atoms with Gasteiger partial charge in [0.25, 0.3) is 0 Å². The van der Waals surface area contributed by atoms with E-state index in [4.69, 9.17) is 5.11 Å². The van der Waals surface area contributed by atoms with Crippen molar-refractivity contribution in [3.05, 3.63) is 12.2 Å². The molecule has 6 heteroatoms. The van der Waals surface area contributed by atoms with Gasteiger partial charge in [0.05, 0.1) is 12.2 Å². The number of aliphatic hydroxyl groups excluding tert-OH is 2. The number of hydrogen-bond acceptors (Lipinski definition) is 5. The fourth-order valence-corrected chi connectivity index (χ4v) is 1.84. The van der Waals surface area contributed by atoms with Crippen LogP contribution in [0, 0.1) is 0 Å². The Morgan fingerprint density at radius 2 is 2.06 bits per heavy atom. The minimum absolute atomic E-state index is 0.0427. The number of hydrogen-bond donors (Lipinski definition) is 3. The van der Waals surface area contributed by atoms with Gasteiger partial charge in [0, 0.05) is 25.6 Å². The zero-order chi connectivity index (χ0) is 14.0. The van der Waals surface area contributed by atoms with Gasteiger partial charge in [-0.1, -0.05) is 23.9 Å². The van der Waals surface area contributed by atoms with Crippen LogP contribution in [0.1, 0.15) is 26.7 Å². The fraction of sp³-hybridized carbons (Fsp3) is 0.667. The van der Waals surface area contributed by atoms with E-state index in [1.165, 1.54) is 13.0 Å². The molecule has 0 aromatic carbocycles. The molecule has 0 spiro atoms. The molecule has 1 amide bonds. The Morgan fingerprint density at radius 3 is 2.61 bits per heavy atom. The second kappa shape index (κ2) is 10.1. The molecule has 0 unspecified atom stereocenters. The SMILES string of the molecule is CC(=O)NCCSC(=O)C[C@H](O)/C=C/C[C@H](C)O. The normalized spacial score (nSPS) is 14.4. The molecular formula is C12H21NO4S. The summed E-state index contributed by atoms with van der Waals surface area (Å²) in [6.45, 7) is 3.52. The summed E-state index contributed by atoms with van der Waals surface area (Å²) in [5.74, 6) is 0.381. The average Bonchev–Trinajstić information content (AvgIpc) is 2.23. The maximum Gasteiger partial charge on any atom is 0.216 e. The lowest BCUT2D eigenvalue weighted by Crippen LogP contribution is -2.23. The smallest absolute Gasteiger partial charge is 0.216 e. The first-order chi connectivity index (χ1) is 8.41. The first-order valence-corrected chi connectivity index (χ1v) is 6.83. The highest BCUT2D eigenvalue weighted by Gasteiger charge is 2.08. The van der Waals surface area contributed by atoms with Crippen LogP contribution in [0.4, 0.5) is 0 Å². The van der Waals surface area contributed by atoms with Crippen LogP contribution in [0.5, 0.6) is 0 Å². The van der Waals surface area contributed by atoms with E-state index in [9.17, 15) is 14.7 Å². The van der Waals surface area contributed by atoms with Gasteiger partial charge in [0.15, 0.2) is 5.12 Å². The van der Waals surface area contributed by atoms with Crippen LogP contribution in [-0.4, -0.2) is 45.7 Å². The third kappa shape index (κ3) is 11.6. The van der Waals surface area contributed by atoms with Gasteiger partial charge in [-0.25, -0.2) is 0 Å². The van der Waals surface area contributed by atoms with Crippen molar-refractivity contribution in [3.8, 4) is 0 Å². The van der Waals surface area contributed by atoms with Crippen molar-refractivity contribution < 1.29 is 19.8 Å². The summed E-state index contributed by atoms with van der Waals surface area (Å²) in [4.78, 5) is 22.0. The van der Waals surface area contributed by atoms with E-state index in [1.54, 1.807) is 13.0 Å². The van der Waals surface area contributed by atoms with Crippen molar-refractivity contribution in [2.24, 2.45) is 0 Å². The van der Waals surface area contributed by atoms with E-state index in [-0.39, 0.29) is 17.4 Å². The van der Waals surface area contributed by atoms with Crippen molar-refractivity contribution in [2.45, 2.75) is 38.9 Å². The van der Waals surface area contributed by atoms with Crippen molar-refractivity contribution in [1.82, 2.24) is 5.32 Å². The molecule has 104 valence electrons. The summed E-state index contributed by atoms with van der Waals surface area (Å²) in [6.07, 6.45) is 2.41. The number of carbonyl (C=O) groups excluding carboxylic acids is 2. The van der Waals surface area contributed by atoms with Crippen LogP contribution in [0.15, 0.2) is 12.2 Å². The molecule has 0 rings (SSSR count). The Balaban J connectivity index is 3.67. The summed E-state index contributed by atoms with van der Waals surface area (Å²) in [7, 11) is 0. The van der Waals surface area contributed by atoms with Crippen LogP contribution < -0.4 is 5.32 Å². The molecule has 0 bridgehead atoms. The van der Waals surface area contributed by atoms with Gasteiger partial charge >= 0.3 is 0 Å². The fourth-order valence-electron chi connectivity index (χ4n) is 1.12. The van der Waals surface area contributed by atoms with Gasteiger partial charge in [-0.05, 0) is 13.3 Å². The molecule has 0 heterocycles. The highest BCUT2D eigenvalue weighted by Crippen LogP contribution is 2.08. The first-order valence-electron chi connectivity index (χ1n) is 5.84. The molecule has 0 aromatic heterocycles. The summed E-state index contributed by atoms with van der Waals surface area (Å²) >= 11 is 1.09. The number of thioether (sulfide) groups is 1. The summed E-state index contributed by atoms with van der Waals surface area (Å²) < 4.78 is 0. The van der Waals surface area contributed by atoms with Gasteiger partial charge in [0.2, 0.25) is 5.91 Å². The minimum Gasteiger partial charge on any atom is -0.393 e. The maximum absolute atomic E-state index is 11.4. The Bertz CT molecular complexity index is 292. The van der Waals surface area contributed by atoms with E-state index < -0.39 is 12.2 Å². The molecule has 2 atom stereocenters. The molecule has 0 fully saturated rings. The van der Waals surface area contributed by atoms with Gasteiger partial charge in [-0.15, -0.1) is 0 Å². The Kier molecular flexibility index (Phi) is 9.63. The zero-order valence-electron chi connectivity index (χ0n) is 10.8. The lowest BCUT2D eigenvalue weighted by Gasteiger charge is -2.05. The van der Waals surface area contributed by atoms with Crippen LogP contribution in [0.2, 0.25) is 0 Å². The third-order valence-electron chi connectivity index (χ3n) is 1.95. The number of rotatable bonds is 8. The third-order valence-corrected chi connectivity index (χ3v) is 2.85. The van der Waals surface area contributed by atoms with Crippen LogP contribution in [-0.2, 0) is 9.59 Å². The molecule has 0 saturated carbocycles. The van der Waals surface area contributed by atoms with Crippen molar-refractivity contribution in [2.75, 3.05) is 12.3 Å². The van der Waals surface area contributed by atoms with Crippen LogP contribution >= 0.6 is 11.8 Å². The van der Waals surface area contributed by atoms with E-state index in [2.05, 4.69) is 5.32 Å². The number of carbonyl (C=O) groups is 2. The Labute approximate surface area is 112 Å². The molecule has 0 aliphatic carbocycles. The van der Waals surface area contributed by atoms with Crippen molar-refractivity contribution >= 4 is 22.8 Å². The quantitative estimate of drug-likeness (QED) is 0.442. The molecule has 0 saturated heterocycles. The van der Waals surface area contributed by atoms with E-state index in [0.29, 0.717) is 18.7 Å². The van der Waals surface area contributed by atoms with E-state index in [1.807, 2.05) is 0 Å². The predicted molar refractivity (Wildman–Crippen MR) is 72.2 cm³/mol. The van der Waals surface area contributed by atoms with E-state index >= 15 is 0 Å². The standard InChI is InChI=1S/C12H21NO4S/c1-9(14)4-3-5-11(16)8-12(17)18-7-6-13-10(2)15/h3,5,9,11,14,16H,4,6-8H2,1-2H3,(H,13,15)/b5-3+/t9-,11+/m0/s1. The maximum atomic E-state index is 11.4. The van der Waals surface area contributed by atoms with Crippen molar-refractivity contribution in [1.29, 1.82) is 0 Å². The Morgan fingerprint density at radius 1 is 1.39 bits per heavy atom. The molecule has 0 aromatic rings. The van der Waals surface area contributed by atoms with Gasteiger partial charge in [-0.3, -0.25) is 9.59 Å². The lowest BCUT2D eigenvalue weighted by atomic mass is 10.2. The number of nitrogens with one attached hydrogen (secondary N) is 1. The van der Waals surface area contributed by atoms with Gasteiger partial charge < -0.3 is 15.5 Å². The second-order valence-electron chi connectivity index (χ2n) is 3.99. The molecule has 0 aliphatic heterocycles. The highest BCUT2D eigenvalue weighted by atomic mass is 32.2. The minimum atomic E-state index is -0.815.